The molecule has 0 saturated carbocycles. The van der Waals surface area contributed by atoms with Crippen molar-refractivity contribution in [1.82, 2.24) is 5.01 Å². The number of ketones is 1. The molecule has 1 rings (SSSR count). The van der Waals surface area contributed by atoms with Crippen LogP contribution >= 0.6 is 0 Å². The summed E-state index contributed by atoms with van der Waals surface area (Å²) in [6.07, 6.45) is 4.72. The van der Waals surface area contributed by atoms with Gasteiger partial charge < -0.3 is 5.01 Å². The molecule has 0 amide bonds. The molecule has 0 atom stereocenters. The molecular weight excluding hydrogens is 188 g/mol. The fourth-order valence-corrected chi connectivity index (χ4v) is 1.00. The topological polar surface area (TPSA) is 32.7 Å². The van der Waals surface area contributed by atoms with E-state index in [2.05, 4.69) is 5.10 Å². The van der Waals surface area contributed by atoms with Gasteiger partial charge in [0.15, 0.2) is 5.78 Å². The first kappa shape index (κ1) is 11.2. The predicted molar refractivity (Wildman–Crippen MR) is 62.1 cm³/mol. The second-order valence-electron chi connectivity index (χ2n) is 3.20. The van der Waals surface area contributed by atoms with Crippen molar-refractivity contribution in [1.29, 1.82) is 0 Å². The minimum Gasteiger partial charge on any atom is -0.303 e. The van der Waals surface area contributed by atoms with E-state index in [1.54, 1.807) is 29.4 Å². The SMILES string of the molecule is CN(C)/N=C/C=C/C(=O)c1ccccc1. The average molecular weight is 202 g/mol. The number of hydrogen-bond acceptors (Lipinski definition) is 3. The van der Waals surface area contributed by atoms with Crippen LogP contribution in [0.1, 0.15) is 10.4 Å². The Labute approximate surface area is 89.7 Å². The van der Waals surface area contributed by atoms with Crippen molar-refractivity contribution in [3.8, 4) is 0 Å². The summed E-state index contributed by atoms with van der Waals surface area (Å²) >= 11 is 0. The van der Waals surface area contributed by atoms with Crippen molar-refractivity contribution in [2.75, 3.05) is 14.1 Å². The first-order chi connectivity index (χ1) is 7.20. The van der Waals surface area contributed by atoms with Crippen molar-refractivity contribution in [2.45, 2.75) is 0 Å². The second kappa shape index (κ2) is 5.75. The summed E-state index contributed by atoms with van der Waals surface area (Å²) in [4.78, 5) is 11.5. The van der Waals surface area contributed by atoms with Crippen LogP contribution in [0.5, 0.6) is 0 Å². The van der Waals surface area contributed by atoms with Gasteiger partial charge in [-0.1, -0.05) is 30.3 Å². The molecule has 0 unspecified atom stereocenters. The molecule has 1 aromatic carbocycles. The van der Waals surface area contributed by atoms with E-state index in [1.165, 1.54) is 6.08 Å². The zero-order valence-electron chi connectivity index (χ0n) is 8.92. The van der Waals surface area contributed by atoms with Gasteiger partial charge in [0.25, 0.3) is 0 Å². The standard InChI is InChI=1S/C12H14N2O/c1-14(2)13-10-6-9-12(15)11-7-4-3-5-8-11/h3-10H,1-2H3/b9-6+,13-10+. The van der Waals surface area contributed by atoms with E-state index in [0.717, 1.165) is 0 Å². The fraction of sp³-hybridized carbons (Fsp3) is 0.167. The maximum atomic E-state index is 11.5. The van der Waals surface area contributed by atoms with Gasteiger partial charge in [0.05, 0.1) is 0 Å². The lowest BCUT2D eigenvalue weighted by molar-refractivity contribution is 0.104. The van der Waals surface area contributed by atoms with Crippen LogP contribution in [-0.2, 0) is 0 Å². The Bertz CT molecular complexity index is 366. The number of benzene rings is 1. The molecule has 0 radical (unpaired) electrons. The molecule has 0 bridgehead atoms. The Morgan fingerprint density at radius 3 is 2.53 bits per heavy atom. The number of nitrogens with zero attached hydrogens (tertiary/aromatic N) is 2. The normalized spacial score (nSPS) is 11.1. The third-order valence-electron chi connectivity index (χ3n) is 1.69. The summed E-state index contributed by atoms with van der Waals surface area (Å²) in [5, 5.41) is 5.62. The highest BCUT2D eigenvalue weighted by molar-refractivity contribution is 6.06. The van der Waals surface area contributed by atoms with Gasteiger partial charge in [-0.05, 0) is 12.2 Å². The summed E-state index contributed by atoms with van der Waals surface area (Å²) < 4.78 is 0. The van der Waals surface area contributed by atoms with Crippen molar-refractivity contribution in [3.63, 3.8) is 0 Å². The van der Waals surface area contributed by atoms with E-state index in [0.29, 0.717) is 5.56 Å². The van der Waals surface area contributed by atoms with Gasteiger partial charge in [0.1, 0.15) is 0 Å². The molecule has 0 aromatic heterocycles. The molecule has 1 aromatic rings. The minimum absolute atomic E-state index is 0.0131. The minimum atomic E-state index is -0.0131. The first-order valence-corrected chi connectivity index (χ1v) is 4.67. The van der Waals surface area contributed by atoms with Gasteiger partial charge in [0, 0.05) is 25.9 Å². The highest BCUT2D eigenvalue weighted by Gasteiger charge is 1.97. The molecule has 0 fully saturated rings. The first-order valence-electron chi connectivity index (χ1n) is 4.67. The number of hydrogen-bond donors (Lipinski definition) is 0. The molecule has 0 saturated heterocycles. The lowest BCUT2D eigenvalue weighted by Gasteiger charge is -1.99. The maximum Gasteiger partial charge on any atom is 0.185 e. The van der Waals surface area contributed by atoms with Crippen LogP contribution < -0.4 is 0 Å². The number of allylic oxidation sites excluding steroid dienone is 2. The van der Waals surface area contributed by atoms with Crippen LogP contribution in [0.4, 0.5) is 0 Å². The third kappa shape index (κ3) is 4.22. The summed E-state index contributed by atoms with van der Waals surface area (Å²) in [7, 11) is 3.65. The summed E-state index contributed by atoms with van der Waals surface area (Å²) in [5.74, 6) is -0.0131. The fourth-order valence-electron chi connectivity index (χ4n) is 1.00. The Balaban J connectivity index is 2.57. The second-order valence-corrected chi connectivity index (χ2v) is 3.20. The average Bonchev–Trinajstić information content (AvgIpc) is 2.25. The number of carbonyl (C=O) groups is 1. The Morgan fingerprint density at radius 1 is 1.27 bits per heavy atom. The molecule has 0 N–H and O–H groups in total. The molecule has 0 aliphatic carbocycles. The van der Waals surface area contributed by atoms with Crippen LogP contribution in [0, 0.1) is 0 Å². The smallest absolute Gasteiger partial charge is 0.185 e. The largest absolute Gasteiger partial charge is 0.303 e. The molecule has 0 aliphatic heterocycles. The molecule has 15 heavy (non-hydrogen) atoms. The molecule has 0 spiro atoms. The Kier molecular flexibility index (Phi) is 4.29. The van der Waals surface area contributed by atoms with Crippen molar-refractivity contribution < 1.29 is 4.79 Å². The van der Waals surface area contributed by atoms with E-state index in [9.17, 15) is 4.79 Å². The molecule has 0 aliphatic rings. The van der Waals surface area contributed by atoms with E-state index in [1.807, 2.05) is 32.3 Å². The summed E-state index contributed by atoms with van der Waals surface area (Å²) in [6, 6.07) is 9.14. The van der Waals surface area contributed by atoms with Gasteiger partial charge in [-0.3, -0.25) is 4.79 Å². The molecular formula is C12H14N2O. The number of carbonyl (C=O) groups excluding carboxylic acids is 1. The van der Waals surface area contributed by atoms with Crippen molar-refractivity contribution in [2.24, 2.45) is 5.10 Å². The summed E-state index contributed by atoms with van der Waals surface area (Å²) in [6.45, 7) is 0. The molecule has 0 heterocycles. The number of hydrazone groups is 1. The zero-order chi connectivity index (χ0) is 11.1. The van der Waals surface area contributed by atoms with Gasteiger partial charge >= 0.3 is 0 Å². The lowest BCUT2D eigenvalue weighted by Crippen LogP contribution is -2.00. The van der Waals surface area contributed by atoms with Gasteiger partial charge in [-0.25, -0.2) is 0 Å². The Morgan fingerprint density at radius 2 is 1.93 bits per heavy atom. The summed E-state index contributed by atoms with van der Waals surface area (Å²) in [5.41, 5.74) is 0.687. The van der Waals surface area contributed by atoms with E-state index in [-0.39, 0.29) is 5.78 Å². The molecule has 78 valence electrons. The monoisotopic (exact) mass is 202 g/mol. The van der Waals surface area contributed by atoms with Crippen molar-refractivity contribution >= 4 is 12.0 Å². The highest BCUT2D eigenvalue weighted by Crippen LogP contribution is 2.00. The molecule has 3 nitrogen and oxygen atoms in total. The number of rotatable bonds is 4. The van der Waals surface area contributed by atoms with Gasteiger partial charge in [0.2, 0.25) is 0 Å². The van der Waals surface area contributed by atoms with Gasteiger partial charge in [-0.2, -0.15) is 5.10 Å². The molecule has 3 heteroatoms. The highest BCUT2D eigenvalue weighted by atomic mass is 16.1. The van der Waals surface area contributed by atoms with E-state index >= 15 is 0 Å². The lowest BCUT2D eigenvalue weighted by atomic mass is 10.1. The van der Waals surface area contributed by atoms with Crippen molar-refractivity contribution in [3.05, 3.63) is 48.0 Å². The zero-order valence-corrected chi connectivity index (χ0v) is 8.92. The van der Waals surface area contributed by atoms with Crippen LogP contribution in [0.25, 0.3) is 0 Å². The third-order valence-corrected chi connectivity index (χ3v) is 1.69. The van der Waals surface area contributed by atoms with Gasteiger partial charge in [-0.15, -0.1) is 0 Å². The van der Waals surface area contributed by atoms with Crippen LogP contribution in [0.3, 0.4) is 0 Å². The van der Waals surface area contributed by atoms with E-state index < -0.39 is 0 Å². The van der Waals surface area contributed by atoms with Crippen LogP contribution in [0.15, 0.2) is 47.6 Å². The quantitative estimate of drug-likeness (QED) is 0.323. The Hall–Kier alpha value is -1.90. The van der Waals surface area contributed by atoms with Crippen LogP contribution in [0.2, 0.25) is 0 Å². The maximum absolute atomic E-state index is 11.5. The van der Waals surface area contributed by atoms with Crippen LogP contribution in [-0.4, -0.2) is 31.1 Å². The predicted octanol–water partition coefficient (Wildman–Crippen LogP) is 1.97. The van der Waals surface area contributed by atoms with E-state index in [4.69, 9.17) is 0 Å².